The van der Waals surface area contributed by atoms with Gasteiger partial charge in [-0.15, -0.1) is 0 Å². The van der Waals surface area contributed by atoms with Gasteiger partial charge in [0.2, 0.25) is 0 Å². The molecule has 8 N–H and O–H groups in total. The molecule has 0 aliphatic carbocycles. The van der Waals surface area contributed by atoms with Crippen LogP contribution in [-0.2, 0) is 34.1 Å². The summed E-state index contributed by atoms with van der Waals surface area (Å²) in [5.41, 5.74) is -2.74. The summed E-state index contributed by atoms with van der Waals surface area (Å²) in [5, 5.41) is 56.3. The maximum Gasteiger partial charge on any atom is 0.336 e. The second kappa shape index (κ2) is 22.2. The van der Waals surface area contributed by atoms with Gasteiger partial charge in [0.05, 0.1) is 19.3 Å². The number of aliphatic hydroxyl groups is 2. The van der Waals surface area contributed by atoms with Crippen LogP contribution in [0.15, 0.2) is 0 Å². The Morgan fingerprint density at radius 3 is 1.26 bits per heavy atom. The molecule has 1 atom stereocenters. The third-order valence-corrected chi connectivity index (χ3v) is 5.88. The van der Waals surface area contributed by atoms with Gasteiger partial charge < -0.3 is 35.7 Å². The molecule has 38 heavy (non-hydrogen) atoms. The molecular formula is C22H40O15S. The quantitative estimate of drug-likeness (QED) is 0.0797. The molecule has 0 spiro atoms. The summed E-state index contributed by atoms with van der Waals surface area (Å²) in [6.07, 6.45) is 9.86. The van der Waals surface area contributed by atoms with Gasteiger partial charge in [0.15, 0.2) is 10.9 Å². The third-order valence-electron chi connectivity index (χ3n) is 4.79. The van der Waals surface area contributed by atoms with Crippen LogP contribution < -0.4 is 0 Å². The Hall–Kier alpha value is -2.82. The minimum atomic E-state index is -4.84. The molecule has 0 aliphatic rings. The standard InChI is InChI=1S/C12H26O.C6H8O7.C4H6O7S/c1-2-3-4-5-6-7-8-9-10-11-12-13;7-3(8)1-6(13,5(11)12)2-4(9)10;5-3(6)1-2(4(7)8)12(9,10)11/h13H,2-12H2,1H3;13H,1-2H2,(H,7,8)(H,9,10)(H,11,12);2H,1H2,(H,5,6)(H,7,8)(H,9,10,11). The maximum absolute atomic E-state index is 10.3. The van der Waals surface area contributed by atoms with E-state index in [1.807, 2.05) is 0 Å². The molecule has 224 valence electrons. The highest BCUT2D eigenvalue weighted by Gasteiger charge is 2.40. The lowest BCUT2D eigenvalue weighted by atomic mass is 9.96. The molecule has 0 aromatic heterocycles. The molecule has 0 aliphatic heterocycles. The second-order valence-electron chi connectivity index (χ2n) is 8.32. The number of carboxylic acid groups (broad SMARTS) is 5. The maximum atomic E-state index is 10.3. The molecule has 15 nitrogen and oxygen atoms in total. The molecule has 0 saturated carbocycles. The Kier molecular flexibility index (Phi) is 23.2. The van der Waals surface area contributed by atoms with Gasteiger partial charge in [-0.05, 0) is 6.42 Å². The predicted molar refractivity (Wildman–Crippen MR) is 131 cm³/mol. The van der Waals surface area contributed by atoms with Crippen LogP contribution in [0.2, 0.25) is 0 Å². The van der Waals surface area contributed by atoms with Gasteiger partial charge in [-0.2, -0.15) is 8.42 Å². The molecule has 0 bridgehead atoms. The first kappa shape index (κ1) is 39.7. The van der Waals surface area contributed by atoms with E-state index < -0.39 is 70.1 Å². The van der Waals surface area contributed by atoms with E-state index in [1.165, 1.54) is 57.8 Å². The monoisotopic (exact) mass is 576 g/mol. The molecule has 0 rings (SSSR count). The molecule has 1 unspecified atom stereocenters. The molecule has 0 amide bonds. The first-order chi connectivity index (χ1) is 17.4. The second-order valence-corrected chi connectivity index (χ2v) is 9.92. The minimum absolute atomic E-state index is 0.372. The van der Waals surface area contributed by atoms with Gasteiger partial charge >= 0.3 is 29.8 Å². The summed E-state index contributed by atoms with van der Waals surface area (Å²) in [4.78, 5) is 50.5. The highest BCUT2D eigenvalue weighted by molar-refractivity contribution is 7.87. The van der Waals surface area contributed by atoms with Crippen molar-refractivity contribution in [3.8, 4) is 0 Å². The number of carbonyl (C=O) groups is 5. The van der Waals surface area contributed by atoms with E-state index in [1.54, 1.807) is 0 Å². The molecule has 0 fully saturated rings. The lowest BCUT2D eigenvalue weighted by Crippen LogP contribution is -2.42. The number of unbranched alkanes of at least 4 members (excludes halogenated alkanes) is 9. The van der Waals surface area contributed by atoms with Crippen LogP contribution in [0.3, 0.4) is 0 Å². The summed E-state index contributed by atoms with van der Waals surface area (Å²) < 4.78 is 28.7. The van der Waals surface area contributed by atoms with Crippen molar-refractivity contribution in [2.24, 2.45) is 0 Å². The predicted octanol–water partition coefficient (Wildman–Crippen LogP) is 1.45. The van der Waals surface area contributed by atoms with Crippen molar-refractivity contribution >= 4 is 40.0 Å². The zero-order valence-corrected chi connectivity index (χ0v) is 22.1. The number of hydrogen-bond acceptors (Lipinski definition) is 9. The van der Waals surface area contributed by atoms with Crippen LogP contribution in [-0.4, -0.2) is 96.0 Å². The van der Waals surface area contributed by atoms with Crippen molar-refractivity contribution in [1.82, 2.24) is 0 Å². The van der Waals surface area contributed by atoms with Crippen LogP contribution in [0, 0.1) is 0 Å². The summed E-state index contributed by atoms with van der Waals surface area (Å²) in [6, 6.07) is 0. The number of carboxylic acids is 5. The van der Waals surface area contributed by atoms with E-state index in [2.05, 4.69) is 6.92 Å². The average molecular weight is 577 g/mol. The fourth-order valence-corrected chi connectivity index (χ4v) is 3.40. The van der Waals surface area contributed by atoms with E-state index in [9.17, 15) is 32.4 Å². The van der Waals surface area contributed by atoms with Crippen LogP contribution >= 0.6 is 0 Å². The first-order valence-corrected chi connectivity index (χ1v) is 13.4. The lowest BCUT2D eigenvalue weighted by Gasteiger charge is -2.18. The molecule has 0 radical (unpaired) electrons. The van der Waals surface area contributed by atoms with Gasteiger partial charge in [0.25, 0.3) is 10.1 Å². The fraction of sp³-hybridized carbons (Fsp3) is 0.773. The van der Waals surface area contributed by atoms with E-state index in [4.69, 9.17) is 40.3 Å². The molecule has 16 heteroatoms. The fourth-order valence-electron chi connectivity index (χ4n) is 2.79. The van der Waals surface area contributed by atoms with Crippen molar-refractivity contribution in [2.45, 2.75) is 101 Å². The van der Waals surface area contributed by atoms with Gasteiger partial charge in [0.1, 0.15) is 0 Å². The summed E-state index contributed by atoms with van der Waals surface area (Å²) >= 11 is 0. The van der Waals surface area contributed by atoms with Gasteiger partial charge in [-0.25, -0.2) is 4.79 Å². The van der Waals surface area contributed by atoms with Crippen molar-refractivity contribution in [3.05, 3.63) is 0 Å². The Morgan fingerprint density at radius 2 is 1.05 bits per heavy atom. The zero-order valence-electron chi connectivity index (χ0n) is 21.3. The van der Waals surface area contributed by atoms with Crippen LogP contribution in [0.4, 0.5) is 0 Å². The zero-order chi connectivity index (χ0) is 30.4. The van der Waals surface area contributed by atoms with Crippen LogP contribution in [0.5, 0.6) is 0 Å². The van der Waals surface area contributed by atoms with Crippen molar-refractivity contribution < 1.29 is 72.7 Å². The Morgan fingerprint density at radius 1 is 0.684 bits per heavy atom. The third kappa shape index (κ3) is 24.9. The van der Waals surface area contributed by atoms with Crippen LogP contribution in [0.25, 0.3) is 0 Å². The molecule has 0 saturated heterocycles. The Bertz CT molecular complexity index is 797. The number of rotatable bonds is 19. The van der Waals surface area contributed by atoms with E-state index in [0.29, 0.717) is 6.61 Å². The van der Waals surface area contributed by atoms with E-state index >= 15 is 0 Å². The topological polar surface area (TPSA) is 281 Å². The Labute approximate surface area is 220 Å². The molecule has 0 heterocycles. The smallest absolute Gasteiger partial charge is 0.336 e. The Balaban J connectivity index is -0.000000484. The largest absolute Gasteiger partial charge is 0.481 e. The molecular weight excluding hydrogens is 536 g/mol. The molecule has 0 aromatic carbocycles. The molecule has 0 aromatic rings. The normalized spacial score (nSPS) is 11.7. The number of hydrogen-bond donors (Lipinski definition) is 8. The van der Waals surface area contributed by atoms with Gasteiger partial charge in [-0.3, -0.25) is 23.7 Å². The van der Waals surface area contributed by atoms with Crippen LogP contribution in [0.1, 0.15) is 90.4 Å². The van der Waals surface area contributed by atoms with E-state index in [-0.39, 0.29) is 0 Å². The van der Waals surface area contributed by atoms with Crippen molar-refractivity contribution in [2.75, 3.05) is 6.61 Å². The SMILES string of the molecule is CCCCCCCCCCCCO.O=C(O)CC(C(=O)O)S(=O)(=O)O.O=C(O)CC(O)(CC(=O)O)C(=O)O. The number of aliphatic hydroxyl groups excluding tert-OH is 1. The lowest BCUT2D eigenvalue weighted by molar-refractivity contribution is -0.170. The van der Waals surface area contributed by atoms with E-state index in [0.717, 1.165) is 6.42 Å². The van der Waals surface area contributed by atoms with Gasteiger partial charge in [-0.1, -0.05) is 64.7 Å². The highest BCUT2D eigenvalue weighted by Crippen LogP contribution is 2.15. The average Bonchev–Trinajstić information content (AvgIpc) is 2.75. The van der Waals surface area contributed by atoms with Crippen molar-refractivity contribution in [1.29, 1.82) is 0 Å². The summed E-state index contributed by atoms with van der Waals surface area (Å²) in [7, 11) is -4.84. The number of aliphatic carboxylic acids is 5. The minimum Gasteiger partial charge on any atom is -0.481 e. The summed E-state index contributed by atoms with van der Waals surface area (Å²) in [5.74, 6) is -8.52. The summed E-state index contributed by atoms with van der Waals surface area (Å²) in [6.45, 7) is 2.63. The van der Waals surface area contributed by atoms with Crippen molar-refractivity contribution in [3.63, 3.8) is 0 Å². The van der Waals surface area contributed by atoms with Gasteiger partial charge in [0, 0.05) is 6.61 Å². The first-order valence-electron chi connectivity index (χ1n) is 11.9. The highest BCUT2D eigenvalue weighted by atomic mass is 32.2.